The summed E-state index contributed by atoms with van der Waals surface area (Å²) in [5.41, 5.74) is 1.22. The molecule has 110 valence electrons. The molecule has 2 fully saturated rings. The van der Waals surface area contributed by atoms with Gasteiger partial charge in [-0.05, 0) is 50.2 Å². The third kappa shape index (κ3) is 1.56. The Morgan fingerprint density at radius 2 is 2.00 bits per heavy atom. The first-order chi connectivity index (χ1) is 10.1. The number of hydrogen-bond donors (Lipinski definition) is 1. The molecule has 1 aromatic heterocycles. The summed E-state index contributed by atoms with van der Waals surface area (Å²) < 4.78 is 1.97. The first-order valence-electron chi connectivity index (χ1n) is 7.77. The van der Waals surface area contributed by atoms with Gasteiger partial charge >= 0.3 is 0 Å². The summed E-state index contributed by atoms with van der Waals surface area (Å²) in [5, 5.41) is 10.6. The molecule has 0 bridgehead atoms. The number of rotatable bonds is 2. The van der Waals surface area contributed by atoms with Crippen LogP contribution in [-0.2, 0) is 15.1 Å². The molecule has 3 aliphatic rings. The molecule has 2 aliphatic carbocycles. The second-order valence-electron chi connectivity index (χ2n) is 6.61. The van der Waals surface area contributed by atoms with Gasteiger partial charge in [0.25, 0.3) is 0 Å². The summed E-state index contributed by atoms with van der Waals surface area (Å²) in [5.74, 6) is -0.131. The molecule has 2 saturated carbocycles. The van der Waals surface area contributed by atoms with Crippen molar-refractivity contribution in [3.05, 3.63) is 29.1 Å². The Morgan fingerprint density at radius 3 is 2.57 bits per heavy atom. The average Bonchev–Trinajstić information content (AvgIpc) is 3.01. The van der Waals surface area contributed by atoms with Crippen LogP contribution in [0.5, 0.6) is 0 Å². The molecule has 1 N–H and O–H groups in total. The van der Waals surface area contributed by atoms with Crippen LogP contribution in [0.3, 0.4) is 0 Å². The Bertz CT molecular complexity index is 685. The van der Waals surface area contributed by atoms with E-state index in [-0.39, 0.29) is 22.9 Å². The van der Waals surface area contributed by atoms with Crippen molar-refractivity contribution in [3.63, 3.8) is 0 Å². The van der Waals surface area contributed by atoms with Crippen LogP contribution in [0.15, 0.2) is 17.8 Å². The highest BCUT2D eigenvalue weighted by molar-refractivity contribution is 6.27. The van der Waals surface area contributed by atoms with Crippen LogP contribution in [0.4, 0.5) is 0 Å². The van der Waals surface area contributed by atoms with Crippen molar-refractivity contribution in [2.75, 3.05) is 0 Å². The van der Waals surface area contributed by atoms with Gasteiger partial charge in [0.2, 0.25) is 0 Å². The van der Waals surface area contributed by atoms with Crippen molar-refractivity contribution < 1.29 is 14.7 Å². The number of allylic oxidation sites excluding steroid dienone is 1. The van der Waals surface area contributed by atoms with Gasteiger partial charge in [0.1, 0.15) is 11.1 Å². The average molecular weight is 285 g/mol. The second-order valence-corrected chi connectivity index (χ2v) is 6.61. The van der Waals surface area contributed by atoms with E-state index in [1.807, 2.05) is 16.8 Å². The summed E-state index contributed by atoms with van der Waals surface area (Å²) in [6.45, 7) is 1.38. The third-order valence-corrected chi connectivity index (χ3v) is 5.29. The predicted octanol–water partition coefficient (Wildman–Crippen LogP) is 3.08. The van der Waals surface area contributed by atoms with Crippen LogP contribution in [0, 0.1) is 0 Å². The molecular weight excluding hydrogens is 266 g/mol. The molecular formula is C17H19NO3. The molecule has 0 atom stereocenters. The number of hydrogen-bond acceptors (Lipinski definition) is 3. The molecule has 1 spiro atoms. The van der Waals surface area contributed by atoms with Gasteiger partial charge in [-0.1, -0.05) is 12.8 Å². The molecule has 21 heavy (non-hydrogen) atoms. The number of nitrogens with zero attached hydrogens (tertiary/aromatic N) is 1. The summed E-state index contributed by atoms with van der Waals surface area (Å²) in [6, 6.07) is 2.03. The van der Waals surface area contributed by atoms with Gasteiger partial charge < -0.3 is 9.67 Å². The summed E-state index contributed by atoms with van der Waals surface area (Å²) in [6.07, 6.45) is 7.71. The number of aliphatic hydroxyl groups is 1. The van der Waals surface area contributed by atoms with Gasteiger partial charge in [-0.2, -0.15) is 0 Å². The third-order valence-electron chi connectivity index (χ3n) is 5.29. The number of aromatic nitrogens is 1. The van der Waals surface area contributed by atoms with Crippen LogP contribution in [0.1, 0.15) is 62.6 Å². The largest absolute Gasteiger partial charge is 0.505 e. The van der Waals surface area contributed by atoms with E-state index < -0.39 is 5.54 Å². The molecule has 0 amide bonds. The van der Waals surface area contributed by atoms with E-state index in [0.717, 1.165) is 49.8 Å². The van der Waals surface area contributed by atoms with Crippen LogP contribution >= 0.6 is 0 Å². The van der Waals surface area contributed by atoms with Gasteiger partial charge in [-0.3, -0.25) is 9.59 Å². The van der Waals surface area contributed by atoms with Crippen LogP contribution in [0.25, 0.3) is 5.76 Å². The number of carbonyl (C=O) groups excluding carboxylic acids is 2. The van der Waals surface area contributed by atoms with E-state index >= 15 is 0 Å². The summed E-state index contributed by atoms with van der Waals surface area (Å²) in [4.78, 5) is 24.8. The van der Waals surface area contributed by atoms with Crippen LogP contribution in [0.2, 0.25) is 0 Å². The van der Waals surface area contributed by atoms with E-state index in [4.69, 9.17) is 0 Å². The van der Waals surface area contributed by atoms with E-state index in [9.17, 15) is 14.7 Å². The molecule has 0 radical (unpaired) electrons. The maximum atomic E-state index is 12.9. The van der Waals surface area contributed by atoms with Gasteiger partial charge in [0, 0.05) is 6.20 Å². The number of aliphatic hydroxyl groups excluding tert-OH is 1. The Balaban J connectivity index is 2.00. The minimum absolute atomic E-state index is 0.0185. The van der Waals surface area contributed by atoms with Crippen molar-refractivity contribution in [3.8, 4) is 0 Å². The second kappa shape index (κ2) is 4.09. The predicted molar refractivity (Wildman–Crippen MR) is 78.1 cm³/mol. The molecule has 4 heteroatoms. The van der Waals surface area contributed by atoms with Crippen molar-refractivity contribution in [1.29, 1.82) is 0 Å². The topological polar surface area (TPSA) is 59.3 Å². The molecule has 1 aliphatic heterocycles. The number of Topliss-reactive ketones (excluding diaryl/α,β-unsaturated/α-hetero) is 2. The fraction of sp³-hybridized carbons (Fsp3) is 0.529. The minimum Gasteiger partial charge on any atom is -0.505 e. The summed E-state index contributed by atoms with van der Waals surface area (Å²) in [7, 11) is 0. The Hall–Kier alpha value is -1.84. The standard InChI is InChI=1S/C17H19NO3/c1-10(19)13-15(20)14-12(11-4-5-11)6-9-18(14)17(16(13)21)7-2-3-8-17/h6,9,11,20H,2-5,7-8H2,1H3. The molecule has 0 saturated heterocycles. The molecule has 4 nitrogen and oxygen atoms in total. The Kier molecular flexibility index (Phi) is 2.51. The molecule has 0 unspecified atom stereocenters. The lowest BCUT2D eigenvalue weighted by Crippen LogP contribution is -2.45. The highest BCUT2D eigenvalue weighted by atomic mass is 16.3. The quantitative estimate of drug-likeness (QED) is 0.849. The normalized spacial score (nSPS) is 23.8. The van der Waals surface area contributed by atoms with Crippen LogP contribution < -0.4 is 0 Å². The highest BCUT2D eigenvalue weighted by Gasteiger charge is 2.51. The van der Waals surface area contributed by atoms with Gasteiger partial charge in [0.15, 0.2) is 17.3 Å². The molecule has 4 rings (SSSR count). The number of carbonyl (C=O) groups is 2. The van der Waals surface area contributed by atoms with E-state index in [1.54, 1.807) is 0 Å². The van der Waals surface area contributed by atoms with Crippen molar-refractivity contribution in [1.82, 2.24) is 4.57 Å². The molecule has 1 aromatic rings. The minimum atomic E-state index is -0.629. The fourth-order valence-electron chi connectivity index (χ4n) is 4.10. The fourth-order valence-corrected chi connectivity index (χ4v) is 4.10. The maximum Gasteiger partial charge on any atom is 0.196 e. The zero-order chi connectivity index (χ0) is 14.8. The first-order valence-corrected chi connectivity index (χ1v) is 7.77. The summed E-state index contributed by atoms with van der Waals surface area (Å²) >= 11 is 0. The zero-order valence-corrected chi connectivity index (χ0v) is 12.2. The lowest BCUT2D eigenvalue weighted by atomic mass is 9.81. The number of fused-ring (bicyclic) bond motifs is 2. The smallest absolute Gasteiger partial charge is 0.196 e. The van der Waals surface area contributed by atoms with E-state index in [0.29, 0.717) is 5.92 Å². The first kappa shape index (κ1) is 12.9. The molecule has 0 aromatic carbocycles. The maximum absolute atomic E-state index is 12.9. The van der Waals surface area contributed by atoms with Gasteiger partial charge in [-0.25, -0.2) is 0 Å². The highest BCUT2D eigenvalue weighted by Crippen LogP contribution is 2.50. The van der Waals surface area contributed by atoms with Gasteiger partial charge in [-0.15, -0.1) is 0 Å². The monoisotopic (exact) mass is 285 g/mol. The SMILES string of the molecule is CC(=O)C1=C(O)c2c(C3CC3)ccn2C2(CCCC2)C1=O. The zero-order valence-electron chi connectivity index (χ0n) is 12.2. The van der Waals surface area contributed by atoms with Crippen molar-refractivity contribution in [2.45, 2.75) is 56.9 Å². The van der Waals surface area contributed by atoms with E-state index in [2.05, 4.69) is 0 Å². The lowest BCUT2D eigenvalue weighted by molar-refractivity contribution is -0.127. The van der Waals surface area contributed by atoms with Crippen molar-refractivity contribution >= 4 is 17.3 Å². The van der Waals surface area contributed by atoms with E-state index in [1.165, 1.54) is 6.92 Å². The Morgan fingerprint density at radius 1 is 1.33 bits per heavy atom. The van der Waals surface area contributed by atoms with Crippen LogP contribution in [-0.4, -0.2) is 21.2 Å². The lowest BCUT2D eigenvalue weighted by Gasteiger charge is -2.36. The molecule has 2 heterocycles. The Labute approximate surface area is 123 Å². The van der Waals surface area contributed by atoms with Crippen molar-refractivity contribution in [2.24, 2.45) is 0 Å². The number of ketones is 2. The van der Waals surface area contributed by atoms with Gasteiger partial charge in [0.05, 0.1) is 5.69 Å².